The summed E-state index contributed by atoms with van der Waals surface area (Å²) in [7, 11) is 0. The van der Waals surface area contributed by atoms with Crippen LogP contribution < -0.4 is 19.5 Å². The molecule has 0 saturated carbocycles. The number of fused-ring (bicyclic) bond motifs is 1. The number of aromatic amines is 1. The first-order chi connectivity index (χ1) is 13.2. The van der Waals surface area contributed by atoms with Crippen molar-refractivity contribution in [2.24, 2.45) is 0 Å². The molecule has 2 heterocycles. The van der Waals surface area contributed by atoms with Crippen LogP contribution >= 0.6 is 22.7 Å². The monoisotopic (exact) mass is 390 g/mol. The quantitative estimate of drug-likeness (QED) is 0.545. The molecule has 2 aromatic carbocycles. The maximum atomic E-state index is 12.3. The summed E-state index contributed by atoms with van der Waals surface area (Å²) in [5.74, 6) is 3.10. The Morgan fingerprint density at radius 3 is 2.78 bits per heavy atom. The Labute approximate surface area is 163 Å². The van der Waals surface area contributed by atoms with Gasteiger partial charge in [-0.15, -0.1) is 29.1 Å². The first-order valence-corrected chi connectivity index (χ1v) is 9.80. The van der Waals surface area contributed by atoms with Gasteiger partial charge in [-0.25, -0.2) is 4.98 Å². The van der Waals surface area contributed by atoms with Crippen molar-refractivity contribution in [3.05, 3.63) is 78.7 Å². The molecule has 0 aliphatic heterocycles. The molecule has 2 aromatic heterocycles. The Balaban J connectivity index is 1.75. The van der Waals surface area contributed by atoms with E-state index >= 15 is 0 Å². The summed E-state index contributed by atoms with van der Waals surface area (Å²) in [5.41, 5.74) is 1.63. The number of benzene rings is 2. The summed E-state index contributed by atoms with van der Waals surface area (Å²) < 4.78 is 8.02. The van der Waals surface area contributed by atoms with Gasteiger partial charge in [-0.2, -0.15) is 0 Å². The second-order valence-corrected chi connectivity index (χ2v) is 7.77. The van der Waals surface area contributed by atoms with Crippen LogP contribution in [0.4, 0.5) is 0 Å². The normalized spacial score (nSPS) is 12.4. The smallest absolute Gasteiger partial charge is 0.266 e. The van der Waals surface area contributed by atoms with E-state index in [1.807, 2.05) is 60.7 Å². The van der Waals surface area contributed by atoms with Crippen LogP contribution in [-0.4, -0.2) is 16.6 Å². The zero-order valence-electron chi connectivity index (χ0n) is 14.1. The molecular formula is C21H14N2O2S2. The molecule has 0 fully saturated rings. The van der Waals surface area contributed by atoms with E-state index in [0.29, 0.717) is 10.3 Å². The largest absolute Gasteiger partial charge is 0.480 e. The van der Waals surface area contributed by atoms with Gasteiger partial charge in [0.15, 0.2) is 0 Å². The number of nitrogens with zero attached hydrogens (tertiary/aromatic N) is 1. The van der Waals surface area contributed by atoms with E-state index in [9.17, 15) is 4.79 Å². The molecular weight excluding hydrogens is 376 g/mol. The fourth-order valence-electron chi connectivity index (χ4n) is 2.58. The van der Waals surface area contributed by atoms with Gasteiger partial charge < -0.3 is 9.72 Å². The SMILES string of the molecule is C#CCOc1ccccc1/C=c1\s/c(=C/c2nc3ccccc3s2)[nH]c1=O. The highest BCUT2D eigenvalue weighted by molar-refractivity contribution is 7.19. The predicted octanol–water partition coefficient (Wildman–Crippen LogP) is 2.72. The van der Waals surface area contributed by atoms with Crippen LogP contribution in [0.1, 0.15) is 10.6 Å². The molecule has 0 saturated heterocycles. The molecule has 4 aromatic rings. The third-order valence-electron chi connectivity index (χ3n) is 3.76. The lowest BCUT2D eigenvalue weighted by atomic mass is 10.2. The van der Waals surface area contributed by atoms with Crippen LogP contribution in [0, 0.1) is 12.3 Å². The van der Waals surface area contributed by atoms with Gasteiger partial charge in [-0.1, -0.05) is 36.3 Å². The molecule has 0 radical (unpaired) electrons. The molecule has 0 amide bonds. The number of hydrogen-bond donors (Lipinski definition) is 1. The lowest BCUT2D eigenvalue weighted by Gasteiger charge is -2.05. The van der Waals surface area contributed by atoms with E-state index in [1.165, 1.54) is 11.3 Å². The van der Waals surface area contributed by atoms with Gasteiger partial charge in [0.2, 0.25) is 0 Å². The van der Waals surface area contributed by atoms with Crippen LogP contribution in [0.15, 0.2) is 53.3 Å². The van der Waals surface area contributed by atoms with Crippen molar-refractivity contribution in [1.29, 1.82) is 0 Å². The van der Waals surface area contributed by atoms with Gasteiger partial charge in [0.25, 0.3) is 5.56 Å². The van der Waals surface area contributed by atoms with Crippen LogP contribution in [0.5, 0.6) is 5.75 Å². The van der Waals surface area contributed by atoms with Crippen molar-refractivity contribution in [3.8, 4) is 18.1 Å². The first-order valence-electron chi connectivity index (χ1n) is 8.16. The van der Waals surface area contributed by atoms with Crippen LogP contribution in [0.25, 0.3) is 22.4 Å². The summed E-state index contributed by atoms with van der Waals surface area (Å²) in [6.07, 6.45) is 8.97. The van der Waals surface area contributed by atoms with Crippen molar-refractivity contribution >= 4 is 45.0 Å². The Kier molecular flexibility index (Phi) is 4.88. The van der Waals surface area contributed by atoms with Crippen molar-refractivity contribution in [2.75, 3.05) is 6.61 Å². The van der Waals surface area contributed by atoms with E-state index in [4.69, 9.17) is 11.2 Å². The summed E-state index contributed by atoms with van der Waals surface area (Å²) in [6, 6.07) is 15.5. The van der Waals surface area contributed by atoms with Crippen LogP contribution in [0.3, 0.4) is 0 Å². The van der Waals surface area contributed by atoms with E-state index in [1.54, 1.807) is 11.3 Å². The number of thiazole rings is 2. The zero-order valence-corrected chi connectivity index (χ0v) is 15.8. The molecule has 0 spiro atoms. The molecule has 4 rings (SSSR count). The van der Waals surface area contributed by atoms with Crippen molar-refractivity contribution in [1.82, 2.24) is 9.97 Å². The average molecular weight is 390 g/mol. The molecule has 0 bridgehead atoms. The minimum absolute atomic E-state index is 0.140. The minimum Gasteiger partial charge on any atom is -0.480 e. The molecule has 0 aliphatic carbocycles. The number of nitrogens with one attached hydrogen (secondary N) is 1. The fraction of sp³-hybridized carbons (Fsp3) is 0.0476. The minimum atomic E-state index is -0.140. The molecule has 1 N–H and O–H groups in total. The van der Waals surface area contributed by atoms with Crippen LogP contribution in [0.2, 0.25) is 0 Å². The van der Waals surface area contributed by atoms with E-state index in [-0.39, 0.29) is 12.2 Å². The Morgan fingerprint density at radius 1 is 1.11 bits per heavy atom. The van der Waals surface area contributed by atoms with E-state index < -0.39 is 0 Å². The highest BCUT2D eigenvalue weighted by atomic mass is 32.1. The van der Waals surface area contributed by atoms with Crippen LogP contribution in [-0.2, 0) is 0 Å². The second-order valence-electron chi connectivity index (χ2n) is 5.62. The average Bonchev–Trinajstić information content (AvgIpc) is 3.23. The Bertz CT molecular complexity index is 1290. The summed E-state index contributed by atoms with van der Waals surface area (Å²) in [6.45, 7) is 0.183. The van der Waals surface area contributed by atoms with Gasteiger partial charge in [0.05, 0.1) is 19.4 Å². The number of terminal acetylenes is 1. The lowest BCUT2D eigenvalue weighted by molar-refractivity contribution is 0.369. The van der Waals surface area contributed by atoms with Gasteiger partial charge >= 0.3 is 0 Å². The number of rotatable bonds is 4. The van der Waals surface area contributed by atoms with Gasteiger partial charge in [-0.3, -0.25) is 4.79 Å². The number of H-pyrrole nitrogens is 1. The predicted molar refractivity (Wildman–Crippen MR) is 112 cm³/mol. The van der Waals surface area contributed by atoms with E-state index in [2.05, 4.69) is 15.9 Å². The molecule has 27 heavy (non-hydrogen) atoms. The number of ether oxygens (including phenoxy) is 1. The van der Waals surface area contributed by atoms with Crippen molar-refractivity contribution in [3.63, 3.8) is 0 Å². The Morgan fingerprint density at radius 2 is 1.93 bits per heavy atom. The lowest BCUT2D eigenvalue weighted by Crippen LogP contribution is -2.19. The third-order valence-corrected chi connectivity index (χ3v) is 5.71. The summed E-state index contributed by atoms with van der Waals surface area (Å²) >= 11 is 2.97. The maximum Gasteiger partial charge on any atom is 0.266 e. The highest BCUT2D eigenvalue weighted by Crippen LogP contribution is 2.21. The summed E-state index contributed by atoms with van der Waals surface area (Å²) in [5, 5.41) is 0.859. The highest BCUT2D eigenvalue weighted by Gasteiger charge is 2.03. The van der Waals surface area contributed by atoms with Crippen molar-refractivity contribution < 1.29 is 4.74 Å². The Hall–Kier alpha value is -3.14. The van der Waals surface area contributed by atoms with Gasteiger partial charge in [0.1, 0.15) is 17.4 Å². The molecule has 0 unspecified atom stereocenters. The first kappa shape index (κ1) is 17.3. The third kappa shape index (κ3) is 3.85. The molecule has 132 valence electrons. The maximum absolute atomic E-state index is 12.3. The second kappa shape index (κ2) is 7.62. The molecule has 0 aliphatic rings. The number of hydrogen-bond acceptors (Lipinski definition) is 5. The van der Waals surface area contributed by atoms with Gasteiger partial charge in [-0.05, 0) is 24.3 Å². The van der Waals surface area contributed by atoms with Gasteiger partial charge in [0, 0.05) is 11.6 Å². The van der Waals surface area contributed by atoms with Crippen molar-refractivity contribution in [2.45, 2.75) is 0 Å². The topological polar surface area (TPSA) is 55.0 Å². The standard InChI is InChI=1S/C21H14N2O2S2/c1-2-11-25-16-9-5-3-7-14(16)12-18-21(24)23-20(27-18)13-19-22-15-8-4-6-10-17(15)26-19/h1,3-10,12-13H,11H2,(H,23,24)/b18-12-,20-13+. The molecule has 0 atom stereocenters. The molecule has 4 nitrogen and oxygen atoms in total. The van der Waals surface area contributed by atoms with E-state index in [0.717, 1.165) is 25.5 Å². The molecule has 6 heteroatoms. The summed E-state index contributed by atoms with van der Waals surface area (Å²) in [4.78, 5) is 19.8. The zero-order chi connectivity index (χ0) is 18.6. The number of aromatic nitrogens is 2. The fourth-order valence-corrected chi connectivity index (χ4v) is 4.45. The number of para-hydroxylation sites is 2.